The van der Waals surface area contributed by atoms with E-state index in [1.54, 1.807) is 10.7 Å². The Morgan fingerprint density at radius 3 is 2.82 bits per heavy atom. The van der Waals surface area contributed by atoms with Crippen molar-refractivity contribution in [2.45, 2.75) is 13.1 Å². The monoisotopic (exact) mass is 270 g/mol. The lowest BCUT2D eigenvalue weighted by Crippen LogP contribution is -2.05. The van der Waals surface area contributed by atoms with Crippen LogP contribution in [0, 0.1) is 0 Å². The molecule has 17 heavy (non-hydrogen) atoms. The highest BCUT2D eigenvalue weighted by atomic mass is 35.5. The van der Waals surface area contributed by atoms with Gasteiger partial charge in [-0.05, 0) is 24.7 Å². The fourth-order valence-electron chi connectivity index (χ4n) is 1.50. The molecule has 0 aliphatic carbocycles. The average Bonchev–Trinajstić information content (AvgIpc) is 2.72. The molecule has 0 saturated carbocycles. The fraction of sp³-hybridized carbons (Fsp3) is 0.273. The van der Waals surface area contributed by atoms with Gasteiger partial charge in [-0.25, -0.2) is 4.68 Å². The number of benzene rings is 1. The second-order valence-corrected chi connectivity index (χ2v) is 4.50. The van der Waals surface area contributed by atoms with Gasteiger partial charge in [0.2, 0.25) is 0 Å². The van der Waals surface area contributed by atoms with Gasteiger partial charge in [-0.15, -0.1) is 5.10 Å². The first-order valence-corrected chi connectivity index (χ1v) is 5.92. The normalized spacial score (nSPS) is 10.8. The van der Waals surface area contributed by atoms with Gasteiger partial charge in [0, 0.05) is 6.54 Å². The van der Waals surface area contributed by atoms with Crippen LogP contribution in [0.15, 0.2) is 24.4 Å². The third kappa shape index (κ3) is 3.19. The Bertz CT molecular complexity index is 510. The van der Waals surface area contributed by atoms with E-state index in [-0.39, 0.29) is 0 Å². The number of nitrogens with one attached hydrogen (secondary N) is 1. The summed E-state index contributed by atoms with van der Waals surface area (Å²) in [7, 11) is 1.87. The van der Waals surface area contributed by atoms with Crippen molar-refractivity contribution < 1.29 is 0 Å². The molecule has 1 aromatic heterocycles. The smallest absolute Gasteiger partial charge is 0.0964 e. The standard InChI is InChI=1S/C11H12Cl2N4/c1-14-5-9-7-17(16-15-9)6-8-2-3-10(12)11(13)4-8/h2-4,7,14H,5-6H2,1H3. The zero-order valence-corrected chi connectivity index (χ0v) is 10.8. The fourth-order valence-corrected chi connectivity index (χ4v) is 1.82. The zero-order chi connectivity index (χ0) is 12.3. The molecule has 0 saturated heterocycles. The minimum absolute atomic E-state index is 0.555. The van der Waals surface area contributed by atoms with Crippen LogP contribution in [0.2, 0.25) is 10.0 Å². The molecule has 0 amide bonds. The van der Waals surface area contributed by atoms with E-state index in [2.05, 4.69) is 15.6 Å². The van der Waals surface area contributed by atoms with E-state index in [0.29, 0.717) is 23.1 Å². The van der Waals surface area contributed by atoms with E-state index in [1.807, 2.05) is 25.4 Å². The predicted octanol–water partition coefficient (Wildman–Crippen LogP) is 2.35. The number of halogens is 2. The Kier molecular flexibility index (Phi) is 3.99. The Labute approximate surface area is 110 Å². The molecule has 1 heterocycles. The molecule has 2 aromatic rings. The quantitative estimate of drug-likeness (QED) is 0.928. The molecule has 0 aliphatic heterocycles. The van der Waals surface area contributed by atoms with Gasteiger partial charge >= 0.3 is 0 Å². The highest BCUT2D eigenvalue weighted by Gasteiger charge is 2.03. The first kappa shape index (κ1) is 12.4. The number of rotatable bonds is 4. The van der Waals surface area contributed by atoms with E-state index in [4.69, 9.17) is 23.2 Å². The van der Waals surface area contributed by atoms with Crippen LogP contribution in [0.3, 0.4) is 0 Å². The Balaban J connectivity index is 2.11. The molecule has 0 aliphatic rings. The van der Waals surface area contributed by atoms with Crippen LogP contribution in [-0.2, 0) is 13.1 Å². The lowest BCUT2D eigenvalue weighted by atomic mass is 10.2. The molecule has 2 rings (SSSR count). The topological polar surface area (TPSA) is 42.7 Å². The predicted molar refractivity (Wildman–Crippen MR) is 68.3 cm³/mol. The minimum atomic E-state index is 0.555. The molecule has 0 atom stereocenters. The SMILES string of the molecule is CNCc1cn(Cc2ccc(Cl)c(Cl)c2)nn1. The van der Waals surface area contributed by atoms with Crippen molar-refractivity contribution in [2.24, 2.45) is 0 Å². The van der Waals surface area contributed by atoms with Crippen LogP contribution in [0.4, 0.5) is 0 Å². The minimum Gasteiger partial charge on any atom is -0.314 e. The number of hydrogen-bond acceptors (Lipinski definition) is 3. The van der Waals surface area contributed by atoms with Crippen molar-refractivity contribution >= 4 is 23.2 Å². The van der Waals surface area contributed by atoms with Crippen LogP contribution in [0.5, 0.6) is 0 Å². The third-order valence-corrected chi connectivity index (χ3v) is 3.01. The van der Waals surface area contributed by atoms with Crippen molar-refractivity contribution in [1.82, 2.24) is 20.3 Å². The van der Waals surface area contributed by atoms with Gasteiger partial charge in [0.05, 0.1) is 28.5 Å². The van der Waals surface area contributed by atoms with E-state index >= 15 is 0 Å². The molecule has 0 bridgehead atoms. The lowest BCUT2D eigenvalue weighted by molar-refractivity contribution is 0.649. The molecule has 0 radical (unpaired) electrons. The molecule has 4 nitrogen and oxygen atoms in total. The molecule has 0 spiro atoms. The summed E-state index contributed by atoms with van der Waals surface area (Å²) in [5, 5.41) is 12.2. The first-order chi connectivity index (χ1) is 8.19. The molecule has 0 unspecified atom stereocenters. The summed E-state index contributed by atoms with van der Waals surface area (Å²) in [5.74, 6) is 0. The summed E-state index contributed by atoms with van der Waals surface area (Å²) < 4.78 is 1.77. The Morgan fingerprint density at radius 1 is 1.29 bits per heavy atom. The van der Waals surface area contributed by atoms with Gasteiger partial charge in [0.15, 0.2) is 0 Å². The van der Waals surface area contributed by atoms with Crippen LogP contribution in [0.25, 0.3) is 0 Å². The lowest BCUT2D eigenvalue weighted by Gasteiger charge is -2.02. The van der Waals surface area contributed by atoms with Crippen LogP contribution in [0.1, 0.15) is 11.3 Å². The average molecular weight is 271 g/mol. The van der Waals surface area contributed by atoms with Crippen LogP contribution < -0.4 is 5.32 Å². The van der Waals surface area contributed by atoms with Gasteiger partial charge in [0.1, 0.15) is 0 Å². The second kappa shape index (κ2) is 5.49. The molecule has 1 aromatic carbocycles. The van der Waals surface area contributed by atoms with Gasteiger partial charge in [-0.1, -0.05) is 34.5 Å². The van der Waals surface area contributed by atoms with E-state index in [0.717, 1.165) is 11.3 Å². The summed E-state index contributed by atoms with van der Waals surface area (Å²) >= 11 is 11.8. The van der Waals surface area contributed by atoms with Gasteiger partial charge in [0.25, 0.3) is 0 Å². The molecular weight excluding hydrogens is 259 g/mol. The molecule has 6 heteroatoms. The molecule has 90 valence electrons. The van der Waals surface area contributed by atoms with Crippen molar-refractivity contribution in [3.8, 4) is 0 Å². The van der Waals surface area contributed by atoms with E-state index < -0.39 is 0 Å². The summed E-state index contributed by atoms with van der Waals surface area (Å²) in [6, 6.07) is 5.54. The third-order valence-electron chi connectivity index (χ3n) is 2.27. The summed E-state index contributed by atoms with van der Waals surface area (Å²) in [4.78, 5) is 0. The Hall–Kier alpha value is -1.10. The van der Waals surface area contributed by atoms with Gasteiger partial charge in [-0.3, -0.25) is 0 Å². The summed E-state index contributed by atoms with van der Waals surface area (Å²) in [6.07, 6.45) is 1.90. The largest absolute Gasteiger partial charge is 0.314 e. The maximum absolute atomic E-state index is 5.95. The maximum atomic E-state index is 5.95. The maximum Gasteiger partial charge on any atom is 0.0964 e. The highest BCUT2D eigenvalue weighted by molar-refractivity contribution is 6.42. The number of hydrogen-bond donors (Lipinski definition) is 1. The van der Waals surface area contributed by atoms with Crippen molar-refractivity contribution in [3.63, 3.8) is 0 Å². The van der Waals surface area contributed by atoms with Gasteiger partial charge < -0.3 is 5.32 Å². The second-order valence-electron chi connectivity index (χ2n) is 3.69. The summed E-state index contributed by atoms with van der Waals surface area (Å²) in [5.41, 5.74) is 1.95. The number of nitrogens with zero attached hydrogens (tertiary/aromatic N) is 3. The summed E-state index contributed by atoms with van der Waals surface area (Å²) in [6.45, 7) is 1.34. The van der Waals surface area contributed by atoms with Gasteiger partial charge in [-0.2, -0.15) is 0 Å². The molecule has 0 fully saturated rings. The van der Waals surface area contributed by atoms with Crippen LogP contribution in [-0.4, -0.2) is 22.0 Å². The molecular formula is C11H12Cl2N4. The van der Waals surface area contributed by atoms with Crippen molar-refractivity contribution in [2.75, 3.05) is 7.05 Å². The number of aromatic nitrogens is 3. The van der Waals surface area contributed by atoms with E-state index in [1.165, 1.54) is 0 Å². The zero-order valence-electron chi connectivity index (χ0n) is 9.32. The molecule has 1 N–H and O–H groups in total. The van der Waals surface area contributed by atoms with Crippen LogP contribution >= 0.6 is 23.2 Å². The van der Waals surface area contributed by atoms with Crippen molar-refractivity contribution in [3.05, 3.63) is 45.7 Å². The highest BCUT2D eigenvalue weighted by Crippen LogP contribution is 2.22. The van der Waals surface area contributed by atoms with Crippen molar-refractivity contribution in [1.29, 1.82) is 0 Å². The Morgan fingerprint density at radius 2 is 2.12 bits per heavy atom. The first-order valence-electron chi connectivity index (χ1n) is 5.16. The van der Waals surface area contributed by atoms with E-state index in [9.17, 15) is 0 Å².